The molecule has 2 rings (SSSR count). The van der Waals surface area contributed by atoms with E-state index in [1.807, 2.05) is 0 Å². The second-order valence-corrected chi connectivity index (χ2v) is 6.26. The molecular formula is C11H8F5NO3S. The summed E-state index contributed by atoms with van der Waals surface area (Å²) in [7, 11) is -5.00. The highest BCUT2D eigenvalue weighted by molar-refractivity contribution is 7.89. The average molecular weight is 329 g/mol. The molecule has 0 amide bonds. The Morgan fingerprint density at radius 2 is 1.43 bits per heavy atom. The molecule has 1 fully saturated rings. The summed E-state index contributed by atoms with van der Waals surface area (Å²) in [6, 6.07) is -1.16. The van der Waals surface area contributed by atoms with Crippen molar-refractivity contribution in [3.8, 4) is 0 Å². The van der Waals surface area contributed by atoms with E-state index in [9.17, 15) is 35.2 Å². The van der Waals surface area contributed by atoms with E-state index in [2.05, 4.69) is 0 Å². The van der Waals surface area contributed by atoms with Crippen LogP contribution < -0.4 is 0 Å². The minimum absolute atomic E-state index is 0.115. The van der Waals surface area contributed by atoms with Crippen LogP contribution in [0.1, 0.15) is 13.3 Å². The van der Waals surface area contributed by atoms with Crippen LogP contribution in [0.4, 0.5) is 22.0 Å². The third-order valence-electron chi connectivity index (χ3n) is 3.18. The Morgan fingerprint density at radius 1 is 1.00 bits per heavy atom. The summed E-state index contributed by atoms with van der Waals surface area (Å²) in [5.41, 5.74) is 0. The van der Waals surface area contributed by atoms with Gasteiger partial charge in [0.25, 0.3) is 0 Å². The van der Waals surface area contributed by atoms with E-state index in [1.165, 1.54) is 0 Å². The number of hydrogen-bond acceptors (Lipinski definition) is 3. The van der Waals surface area contributed by atoms with E-state index in [0.29, 0.717) is 4.31 Å². The van der Waals surface area contributed by atoms with Gasteiger partial charge in [0.2, 0.25) is 15.8 Å². The summed E-state index contributed by atoms with van der Waals surface area (Å²) in [4.78, 5) is 9.23. The van der Waals surface area contributed by atoms with Crippen molar-refractivity contribution in [1.29, 1.82) is 0 Å². The molecule has 1 heterocycles. The van der Waals surface area contributed by atoms with Gasteiger partial charge in [0.05, 0.1) is 6.04 Å². The molecule has 0 saturated carbocycles. The van der Waals surface area contributed by atoms with E-state index in [4.69, 9.17) is 0 Å². The molecule has 1 aliphatic rings. The van der Waals surface area contributed by atoms with Gasteiger partial charge in [-0.2, -0.15) is 4.31 Å². The minimum atomic E-state index is -5.00. The van der Waals surface area contributed by atoms with Crippen LogP contribution >= 0.6 is 0 Å². The van der Waals surface area contributed by atoms with Gasteiger partial charge in [-0.25, -0.2) is 30.4 Å². The van der Waals surface area contributed by atoms with Gasteiger partial charge >= 0.3 is 0 Å². The first-order valence-corrected chi connectivity index (χ1v) is 7.08. The summed E-state index contributed by atoms with van der Waals surface area (Å²) < 4.78 is 90.6. The number of carbonyl (C=O) groups excluding carboxylic acids is 1. The number of ketones is 1. The smallest absolute Gasteiger partial charge is 0.249 e. The van der Waals surface area contributed by atoms with Crippen molar-refractivity contribution < 1.29 is 35.2 Å². The van der Waals surface area contributed by atoms with Crippen molar-refractivity contribution in [3.63, 3.8) is 0 Å². The molecule has 0 aliphatic carbocycles. The quantitative estimate of drug-likeness (QED) is 0.482. The lowest BCUT2D eigenvalue weighted by Crippen LogP contribution is -2.54. The van der Waals surface area contributed by atoms with Crippen LogP contribution in [0.25, 0.3) is 0 Å². The lowest BCUT2D eigenvalue weighted by molar-refractivity contribution is -0.123. The maximum atomic E-state index is 13.5. The number of halogens is 5. The third-order valence-corrected chi connectivity index (χ3v) is 5.10. The largest absolute Gasteiger partial charge is 0.298 e. The molecule has 1 aromatic carbocycles. The summed E-state index contributed by atoms with van der Waals surface area (Å²) in [6.45, 7) is 0.816. The van der Waals surface area contributed by atoms with Crippen molar-refractivity contribution >= 4 is 15.8 Å². The van der Waals surface area contributed by atoms with Crippen molar-refractivity contribution in [2.24, 2.45) is 0 Å². The van der Waals surface area contributed by atoms with Gasteiger partial charge in [0, 0.05) is 6.54 Å². The fourth-order valence-corrected chi connectivity index (χ4v) is 3.79. The molecule has 0 bridgehead atoms. The number of Topliss-reactive ketones (excluding diaryl/α,β-unsaturated/α-hetero) is 1. The maximum absolute atomic E-state index is 13.5. The molecule has 10 heteroatoms. The second kappa shape index (κ2) is 5.02. The van der Waals surface area contributed by atoms with Crippen LogP contribution in [0.15, 0.2) is 4.90 Å². The highest BCUT2D eigenvalue weighted by atomic mass is 32.2. The molecule has 1 aromatic rings. The zero-order chi connectivity index (χ0) is 16.1. The standard InChI is InChI=1S/C11H8F5NO3S/c1-4(18)5-2-3-17(5)21(19,20)11-9(15)7(13)6(12)8(14)10(11)16/h5H,2-3H2,1H3/t5-/m1/s1. The highest BCUT2D eigenvalue weighted by Gasteiger charge is 2.45. The van der Waals surface area contributed by atoms with Crippen molar-refractivity contribution in [2.45, 2.75) is 24.3 Å². The summed E-state index contributed by atoms with van der Waals surface area (Å²) in [6.07, 6.45) is 0.115. The van der Waals surface area contributed by atoms with Gasteiger partial charge in [-0.15, -0.1) is 0 Å². The molecule has 21 heavy (non-hydrogen) atoms. The van der Waals surface area contributed by atoms with E-state index in [1.54, 1.807) is 0 Å². The number of hydrogen-bond donors (Lipinski definition) is 0. The van der Waals surface area contributed by atoms with Crippen molar-refractivity contribution in [3.05, 3.63) is 29.1 Å². The SMILES string of the molecule is CC(=O)[C@H]1CCN1S(=O)(=O)c1c(F)c(F)c(F)c(F)c1F. The molecule has 116 valence electrons. The Labute approximate surface area is 116 Å². The van der Waals surface area contributed by atoms with Gasteiger partial charge in [-0.3, -0.25) is 4.79 Å². The summed E-state index contributed by atoms with van der Waals surface area (Å²) in [5.74, 6) is -12.6. The maximum Gasteiger partial charge on any atom is 0.249 e. The number of nitrogens with zero attached hydrogens (tertiary/aromatic N) is 1. The van der Waals surface area contributed by atoms with E-state index < -0.39 is 55.8 Å². The monoisotopic (exact) mass is 329 g/mol. The van der Waals surface area contributed by atoms with Gasteiger partial charge in [0.15, 0.2) is 28.2 Å². The van der Waals surface area contributed by atoms with Gasteiger partial charge < -0.3 is 0 Å². The molecule has 0 aromatic heterocycles. The first kappa shape index (κ1) is 15.8. The van der Waals surface area contributed by atoms with Gasteiger partial charge in [-0.1, -0.05) is 0 Å². The molecule has 0 radical (unpaired) electrons. The molecular weight excluding hydrogens is 321 g/mol. The van der Waals surface area contributed by atoms with Crippen LogP contribution in [-0.2, 0) is 14.8 Å². The van der Waals surface area contributed by atoms with Crippen molar-refractivity contribution in [2.75, 3.05) is 6.54 Å². The average Bonchev–Trinajstić information content (AvgIpc) is 2.31. The molecule has 1 atom stereocenters. The highest BCUT2D eigenvalue weighted by Crippen LogP contribution is 2.33. The van der Waals surface area contributed by atoms with Crippen LogP contribution in [0, 0.1) is 29.1 Å². The lowest BCUT2D eigenvalue weighted by atomic mass is 10.0. The van der Waals surface area contributed by atoms with E-state index in [-0.39, 0.29) is 13.0 Å². The first-order chi connectivity index (χ1) is 9.60. The Kier molecular flexibility index (Phi) is 3.79. The predicted molar refractivity (Wildman–Crippen MR) is 59.2 cm³/mol. The van der Waals surface area contributed by atoms with Crippen molar-refractivity contribution in [1.82, 2.24) is 4.31 Å². The fourth-order valence-electron chi connectivity index (χ4n) is 1.99. The van der Waals surface area contributed by atoms with E-state index >= 15 is 0 Å². The Bertz CT molecular complexity index is 705. The molecule has 0 N–H and O–H groups in total. The van der Waals surface area contributed by atoms with Crippen LogP contribution in [0.3, 0.4) is 0 Å². The third kappa shape index (κ3) is 2.22. The molecule has 1 saturated heterocycles. The number of rotatable bonds is 3. The topological polar surface area (TPSA) is 54.5 Å². The zero-order valence-corrected chi connectivity index (χ0v) is 11.3. The zero-order valence-electron chi connectivity index (χ0n) is 10.5. The number of benzene rings is 1. The number of sulfonamides is 1. The number of carbonyl (C=O) groups is 1. The molecule has 4 nitrogen and oxygen atoms in total. The first-order valence-electron chi connectivity index (χ1n) is 5.64. The molecule has 0 unspecified atom stereocenters. The minimum Gasteiger partial charge on any atom is -0.298 e. The van der Waals surface area contributed by atoms with Crippen LogP contribution in [-0.4, -0.2) is 31.1 Å². The molecule has 0 spiro atoms. The Balaban J connectivity index is 2.64. The van der Waals surface area contributed by atoms with E-state index in [0.717, 1.165) is 6.92 Å². The predicted octanol–water partition coefficient (Wildman–Crippen LogP) is 1.73. The van der Waals surface area contributed by atoms with Crippen LogP contribution in [0.2, 0.25) is 0 Å². The van der Waals surface area contributed by atoms with Crippen LogP contribution in [0.5, 0.6) is 0 Å². The van der Waals surface area contributed by atoms with Gasteiger partial charge in [0.1, 0.15) is 5.78 Å². The summed E-state index contributed by atoms with van der Waals surface area (Å²) in [5, 5.41) is 0. The normalized spacial score (nSPS) is 19.4. The van der Waals surface area contributed by atoms with Gasteiger partial charge in [-0.05, 0) is 13.3 Å². The molecule has 1 aliphatic heterocycles. The summed E-state index contributed by atoms with van der Waals surface area (Å²) >= 11 is 0. The second-order valence-electron chi connectivity index (χ2n) is 4.43. The Hall–Kier alpha value is -1.55. The Morgan fingerprint density at radius 3 is 1.76 bits per heavy atom. The fraction of sp³-hybridized carbons (Fsp3) is 0.364. The lowest BCUT2D eigenvalue weighted by Gasteiger charge is -2.37.